The van der Waals surface area contributed by atoms with Gasteiger partial charge in [-0.05, 0) is 24.8 Å². The van der Waals surface area contributed by atoms with Gasteiger partial charge in [-0.1, -0.05) is 6.07 Å². The van der Waals surface area contributed by atoms with Crippen molar-refractivity contribution in [2.75, 3.05) is 13.1 Å². The number of benzene rings is 1. The average molecular weight is 303 g/mol. The van der Waals surface area contributed by atoms with Crippen LogP contribution in [0.1, 0.15) is 33.6 Å². The van der Waals surface area contributed by atoms with Gasteiger partial charge in [0.15, 0.2) is 0 Å². The number of nitrogens with zero attached hydrogens (tertiary/aromatic N) is 2. The lowest BCUT2D eigenvalue weighted by Crippen LogP contribution is -2.40. The number of amides is 3. The summed E-state index contributed by atoms with van der Waals surface area (Å²) in [5.74, 6) is -1.43. The fraction of sp³-hybridized carbons (Fsp3) is 0.357. The van der Waals surface area contributed by atoms with E-state index in [0.717, 1.165) is 17.7 Å². The largest absolute Gasteiger partial charge is 0.354 e. The number of nitrogens with one attached hydrogen (secondary N) is 1. The SMILES string of the molecule is O=C(CN1C(=O)c2cccc([N+](=O)[O-])c2C1=O)NCC1CC1. The minimum absolute atomic E-state index is 0.0332. The van der Waals surface area contributed by atoms with E-state index in [1.165, 1.54) is 18.2 Å². The standard InChI is InChI=1S/C14H13N3O5/c18-11(15-6-8-4-5-8)7-16-13(19)9-2-1-3-10(17(21)22)12(9)14(16)20/h1-3,8H,4-7H2,(H,15,18). The fourth-order valence-corrected chi connectivity index (χ4v) is 2.39. The first-order chi connectivity index (χ1) is 10.5. The predicted octanol–water partition coefficient (Wildman–Crippen LogP) is 0.717. The van der Waals surface area contributed by atoms with Gasteiger partial charge in [-0.2, -0.15) is 0 Å². The molecule has 0 spiro atoms. The van der Waals surface area contributed by atoms with Gasteiger partial charge in [-0.15, -0.1) is 0 Å². The first kappa shape index (κ1) is 14.2. The second-order valence-corrected chi connectivity index (χ2v) is 5.40. The minimum Gasteiger partial charge on any atom is -0.354 e. The summed E-state index contributed by atoms with van der Waals surface area (Å²) in [6.07, 6.45) is 2.14. The van der Waals surface area contributed by atoms with Crippen LogP contribution in [0.25, 0.3) is 0 Å². The van der Waals surface area contributed by atoms with Gasteiger partial charge in [0.05, 0.1) is 10.5 Å². The molecule has 1 heterocycles. The zero-order valence-corrected chi connectivity index (χ0v) is 11.6. The van der Waals surface area contributed by atoms with Crippen LogP contribution in [0, 0.1) is 16.0 Å². The van der Waals surface area contributed by atoms with E-state index < -0.39 is 34.9 Å². The Morgan fingerprint density at radius 2 is 2.05 bits per heavy atom. The van der Waals surface area contributed by atoms with Crippen molar-refractivity contribution in [3.63, 3.8) is 0 Å². The van der Waals surface area contributed by atoms with Crippen LogP contribution in [0.4, 0.5) is 5.69 Å². The minimum atomic E-state index is -0.797. The molecule has 1 aromatic rings. The summed E-state index contributed by atoms with van der Waals surface area (Å²) >= 11 is 0. The molecule has 1 aliphatic carbocycles. The quantitative estimate of drug-likeness (QED) is 0.489. The van der Waals surface area contributed by atoms with Crippen LogP contribution in [0.15, 0.2) is 18.2 Å². The van der Waals surface area contributed by atoms with E-state index in [9.17, 15) is 24.5 Å². The molecule has 8 nitrogen and oxygen atoms in total. The van der Waals surface area contributed by atoms with E-state index in [2.05, 4.69) is 5.32 Å². The summed E-state index contributed by atoms with van der Waals surface area (Å²) < 4.78 is 0. The first-order valence-electron chi connectivity index (χ1n) is 6.89. The van der Waals surface area contributed by atoms with Crippen LogP contribution < -0.4 is 5.32 Å². The Labute approximate surface area is 125 Å². The van der Waals surface area contributed by atoms with Crippen LogP contribution in [-0.2, 0) is 4.79 Å². The number of fused-ring (bicyclic) bond motifs is 1. The molecule has 0 saturated heterocycles. The number of carbonyl (C=O) groups excluding carboxylic acids is 3. The summed E-state index contributed by atoms with van der Waals surface area (Å²) in [6.45, 7) is 0.109. The maximum Gasteiger partial charge on any atom is 0.282 e. The molecule has 114 valence electrons. The van der Waals surface area contributed by atoms with Crippen molar-refractivity contribution in [3.05, 3.63) is 39.4 Å². The van der Waals surface area contributed by atoms with Crippen LogP contribution in [0.2, 0.25) is 0 Å². The summed E-state index contributed by atoms with van der Waals surface area (Å²) in [7, 11) is 0. The van der Waals surface area contributed by atoms with Crippen molar-refractivity contribution in [2.24, 2.45) is 5.92 Å². The third-order valence-corrected chi connectivity index (χ3v) is 3.76. The van der Waals surface area contributed by atoms with Crippen molar-refractivity contribution in [3.8, 4) is 0 Å². The Hall–Kier alpha value is -2.77. The summed E-state index contributed by atoms with van der Waals surface area (Å²) in [5, 5.41) is 13.6. The molecule has 0 atom stereocenters. The third-order valence-electron chi connectivity index (χ3n) is 3.76. The van der Waals surface area contributed by atoms with Crippen LogP contribution in [0.3, 0.4) is 0 Å². The Kier molecular flexibility index (Phi) is 3.36. The molecule has 1 N–H and O–H groups in total. The molecular weight excluding hydrogens is 290 g/mol. The number of rotatable bonds is 5. The monoisotopic (exact) mass is 303 g/mol. The number of hydrogen-bond donors (Lipinski definition) is 1. The molecule has 2 aliphatic rings. The lowest BCUT2D eigenvalue weighted by Gasteiger charge is -2.13. The predicted molar refractivity (Wildman–Crippen MR) is 74.2 cm³/mol. The highest BCUT2D eigenvalue weighted by molar-refractivity contribution is 6.24. The zero-order valence-electron chi connectivity index (χ0n) is 11.6. The molecule has 8 heteroatoms. The molecule has 1 fully saturated rings. The average Bonchev–Trinajstić information content (AvgIpc) is 3.29. The number of imide groups is 1. The molecule has 0 unspecified atom stereocenters. The van der Waals surface area contributed by atoms with Gasteiger partial charge in [0.25, 0.3) is 17.5 Å². The van der Waals surface area contributed by atoms with Gasteiger partial charge in [0, 0.05) is 12.6 Å². The lowest BCUT2D eigenvalue weighted by molar-refractivity contribution is -0.385. The van der Waals surface area contributed by atoms with Crippen molar-refractivity contribution in [1.82, 2.24) is 10.2 Å². The topological polar surface area (TPSA) is 110 Å². The molecule has 1 aliphatic heterocycles. The normalized spacial score (nSPS) is 16.6. The van der Waals surface area contributed by atoms with Gasteiger partial charge in [-0.3, -0.25) is 29.4 Å². The molecule has 3 rings (SSSR count). The van der Waals surface area contributed by atoms with Crippen LogP contribution in [-0.4, -0.2) is 40.6 Å². The molecule has 0 radical (unpaired) electrons. The molecule has 22 heavy (non-hydrogen) atoms. The number of nitro groups is 1. The van der Waals surface area contributed by atoms with E-state index in [0.29, 0.717) is 12.5 Å². The van der Waals surface area contributed by atoms with Gasteiger partial charge in [0.2, 0.25) is 5.91 Å². The Morgan fingerprint density at radius 3 is 2.68 bits per heavy atom. The summed E-state index contributed by atoms with van der Waals surface area (Å²) in [5.41, 5.74) is -0.696. The Bertz CT molecular complexity index is 696. The first-order valence-corrected chi connectivity index (χ1v) is 6.89. The molecule has 3 amide bonds. The zero-order chi connectivity index (χ0) is 15.9. The van der Waals surface area contributed by atoms with E-state index in [1.807, 2.05) is 0 Å². The number of carbonyl (C=O) groups is 3. The highest BCUT2D eigenvalue weighted by Crippen LogP contribution is 2.30. The highest BCUT2D eigenvalue weighted by atomic mass is 16.6. The van der Waals surface area contributed by atoms with Crippen molar-refractivity contribution in [1.29, 1.82) is 0 Å². The van der Waals surface area contributed by atoms with Crippen LogP contribution in [0.5, 0.6) is 0 Å². The van der Waals surface area contributed by atoms with E-state index in [4.69, 9.17) is 0 Å². The molecule has 1 aromatic carbocycles. The maximum absolute atomic E-state index is 12.2. The highest BCUT2D eigenvalue weighted by Gasteiger charge is 2.41. The van der Waals surface area contributed by atoms with Crippen molar-refractivity contribution >= 4 is 23.4 Å². The van der Waals surface area contributed by atoms with E-state index >= 15 is 0 Å². The summed E-state index contributed by atoms with van der Waals surface area (Å²) in [4.78, 5) is 47.2. The van der Waals surface area contributed by atoms with E-state index in [-0.39, 0.29) is 11.1 Å². The molecule has 1 saturated carbocycles. The lowest BCUT2D eigenvalue weighted by atomic mass is 10.1. The molecule has 0 bridgehead atoms. The second-order valence-electron chi connectivity index (χ2n) is 5.40. The van der Waals surface area contributed by atoms with Crippen molar-refractivity contribution in [2.45, 2.75) is 12.8 Å². The van der Waals surface area contributed by atoms with Gasteiger partial charge in [0.1, 0.15) is 12.1 Å². The Morgan fingerprint density at radius 1 is 1.32 bits per heavy atom. The molecule has 0 aromatic heterocycles. The summed E-state index contributed by atoms with van der Waals surface area (Å²) in [6, 6.07) is 3.87. The number of nitro benzene ring substituents is 1. The maximum atomic E-state index is 12.2. The Balaban J connectivity index is 1.79. The molecular formula is C14H13N3O5. The van der Waals surface area contributed by atoms with Crippen LogP contribution >= 0.6 is 0 Å². The van der Waals surface area contributed by atoms with E-state index in [1.54, 1.807) is 0 Å². The fourth-order valence-electron chi connectivity index (χ4n) is 2.39. The smallest absolute Gasteiger partial charge is 0.282 e. The van der Waals surface area contributed by atoms with Gasteiger partial charge in [-0.25, -0.2) is 0 Å². The van der Waals surface area contributed by atoms with Gasteiger partial charge >= 0.3 is 0 Å². The number of hydrogen-bond acceptors (Lipinski definition) is 5. The second kappa shape index (κ2) is 5.21. The third kappa shape index (κ3) is 2.43. The van der Waals surface area contributed by atoms with Gasteiger partial charge < -0.3 is 5.32 Å². The van der Waals surface area contributed by atoms with Crippen molar-refractivity contribution < 1.29 is 19.3 Å².